The van der Waals surface area contributed by atoms with Crippen molar-refractivity contribution in [2.75, 3.05) is 6.61 Å². The maximum absolute atomic E-state index is 13.1. The third kappa shape index (κ3) is 2.94. The van der Waals surface area contributed by atoms with E-state index in [1.54, 1.807) is 0 Å². The van der Waals surface area contributed by atoms with E-state index >= 15 is 0 Å². The molecule has 0 bridgehead atoms. The van der Waals surface area contributed by atoms with E-state index in [9.17, 15) is 4.39 Å². The molecule has 1 aromatic carbocycles. The fourth-order valence-corrected chi connectivity index (χ4v) is 1.82. The molecular weight excluding hydrogens is 229 g/mol. The van der Waals surface area contributed by atoms with Crippen LogP contribution in [0.2, 0.25) is 5.02 Å². The van der Waals surface area contributed by atoms with E-state index in [1.807, 2.05) is 20.8 Å². The van der Waals surface area contributed by atoms with E-state index in [2.05, 4.69) is 0 Å². The lowest BCUT2D eigenvalue weighted by atomic mass is 9.92. The number of hydrogen-bond acceptors (Lipinski definition) is 2. The van der Waals surface area contributed by atoms with Crippen molar-refractivity contribution in [3.63, 3.8) is 0 Å². The molecule has 2 nitrogen and oxygen atoms in total. The Balaban J connectivity index is 3.03. The minimum atomic E-state index is -0.577. The second-order valence-corrected chi connectivity index (χ2v) is 4.59. The lowest BCUT2D eigenvalue weighted by molar-refractivity contribution is -0.0298. The zero-order valence-electron chi connectivity index (χ0n) is 9.76. The largest absolute Gasteiger partial charge is 0.374 e. The first-order valence-corrected chi connectivity index (χ1v) is 5.60. The van der Waals surface area contributed by atoms with Gasteiger partial charge < -0.3 is 10.5 Å². The average Bonchev–Trinajstić information content (AvgIpc) is 2.20. The van der Waals surface area contributed by atoms with Crippen LogP contribution in [0.25, 0.3) is 0 Å². The van der Waals surface area contributed by atoms with Crippen LogP contribution >= 0.6 is 11.6 Å². The van der Waals surface area contributed by atoms with E-state index < -0.39 is 11.6 Å². The van der Waals surface area contributed by atoms with Crippen molar-refractivity contribution >= 4 is 11.6 Å². The zero-order valence-corrected chi connectivity index (χ0v) is 10.5. The minimum Gasteiger partial charge on any atom is -0.374 e. The third-order valence-corrected chi connectivity index (χ3v) is 2.90. The highest BCUT2D eigenvalue weighted by molar-refractivity contribution is 6.31. The monoisotopic (exact) mass is 245 g/mol. The second kappa shape index (κ2) is 5.13. The SMILES string of the molecule is CCOC(C)(C)C(N)c1cc(F)ccc1Cl. The Kier molecular flexibility index (Phi) is 4.30. The van der Waals surface area contributed by atoms with Crippen LogP contribution in [-0.2, 0) is 4.74 Å². The van der Waals surface area contributed by atoms with Gasteiger partial charge in [0, 0.05) is 11.6 Å². The molecule has 90 valence electrons. The van der Waals surface area contributed by atoms with Gasteiger partial charge in [0.15, 0.2) is 0 Å². The van der Waals surface area contributed by atoms with Crippen molar-refractivity contribution in [3.05, 3.63) is 34.6 Å². The summed E-state index contributed by atoms with van der Waals surface area (Å²) >= 11 is 6.00. The van der Waals surface area contributed by atoms with Gasteiger partial charge in [0.1, 0.15) is 5.82 Å². The molecule has 0 aliphatic rings. The molecule has 0 aromatic heterocycles. The van der Waals surface area contributed by atoms with Crippen LogP contribution in [0.5, 0.6) is 0 Å². The molecular formula is C12H17ClFNO. The van der Waals surface area contributed by atoms with Gasteiger partial charge in [-0.05, 0) is 44.5 Å². The smallest absolute Gasteiger partial charge is 0.123 e. The molecule has 0 saturated carbocycles. The number of nitrogens with two attached hydrogens (primary N) is 1. The van der Waals surface area contributed by atoms with E-state index in [0.717, 1.165) is 0 Å². The number of halogens is 2. The van der Waals surface area contributed by atoms with Gasteiger partial charge in [-0.1, -0.05) is 11.6 Å². The summed E-state index contributed by atoms with van der Waals surface area (Å²) < 4.78 is 18.7. The number of rotatable bonds is 4. The molecule has 0 heterocycles. The summed E-state index contributed by atoms with van der Waals surface area (Å²) in [6, 6.07) is 3.71. The van der Waals surface area contributed by atoms with Crippen LogP contribution in [0.3, 0.4) is 0 Å². The fourth-order valence-electron chi connectivity index (χ4n) is 1.59. The summed E-state index contributed by atoms with van der Waals surface area (Å²) in [7, 11) is 0. The summed E-state index contributed by atoms with van der Waals surface area (Å²) in [4.78, 5) is 0. The third-order valence-electron chi connectivity index (χ3n) is 2.56. The van der Waals surface area contributed by atoms with Crippen molar-refractivity contribution in [2.45, 2.75) is 32.4 Å². The fraction of sp³-hybridized carbons (Fsp3) is 0.500. The Morgan fingerprint density at radius 2 is 2.12 bits per heavy atom. The molecule has 0 amide bonds. The second-order valence-electron chi connectivity index (χ2n) is 4.18. The zero-order chi connectivity index (χ0) is 12.3. The van der Waals surface area contributed by atoms with Crippen molar-refractivity contribution in [3.8, 4) is 0 Å². The number of benzene rings is 1. The van der Waals surface area contributed by atoms with Gasteiger partial charge >= 0.3 is 0 Å². The minimum absolute atomic E-state index is 0.345. The van der Waals surface area contributed by atoms with Crippen LogP contribution < -0.4 is 5.73 Å². The highest BCUT2D eigenvalue weighted by Crippen LogP contribution is 2.31. The molecule has 1 atom stereocenters. The molecule has 0 fully saturated rings. The van der Waals surface area contributed by atoms with Gasteiger partial charge in [-0.3, -0.25) is 0 Å². The average molecular weight is 246 g/mol. The van der Waals surface area contributed by atoms with Crippen LogP contribution in [0.1, 0.15) is 32.4 Å². The molecule has 1 rings (SSSR count). The Morgan fingerprint density at radius 3 is 2.69 bits per heavy atom. The quantitative estimate of drug-likeness (QED) is 0.884. The van der Waals surface area contributed by atoms with Gasteiger partial charge in [0.05, 0.1) is 11.6 Å². The Bertz CT molecular complexity index is 368. The maximum Gasteiger partial charge on any atom is 0.123 e. The summed E-state index contributed by atoms with van der Waals surface area (Å²) in [6.45, 7) is 6.17. The summed E-state index contributed by atoms with van der Waals surface area (Å²) in [5.74, 6) is -0.345. The first-order valence-electron chi connectivity index (χ1n) is 5.23. The molecule has 0 radical (unpaired) electrons. The van der Waals surface area contributed by atoms with Crippen LogP contribution in [-0.4, -0.2) is 12.2 Å². The topological polar surface area (TPSA) is 35.2 Å². The Labute approximate surface area is 101 Å². The maximum atomic E-state index is 13.1. The predicted molar refractivity (Wildman–Crippen MR) is 64.0 cm³/mol. The molecule has 1 unspecified atom stereocenters. The molecule has 0 saturated heterocycles. The van der Waals surface area contributed by atoms with Crippen LogP contribution in [0.15, 0.2) is 18.2 Å². The molecule has 0 aliphatic carbocycles. The van der Waals surface area contributed by atoms with Gasteiger partial charge in [-0.2, -0.15) is 0 Å². The Hall–Kier alpha value is -0.640. The predicted octanol–water partition coefficient (Wildman–Crippen LogP) is 3.29. The molecule has 4 heteroatoms. The van der Waals surface area contributed by atoms with Crippen molar-refractivity contribution in [1.29, 1.82) is 0 Å². The summed E-state index contributed by atoms with van der Waals surface area (Å²) in [6.07, 6.45) is 0. The Morgan fingerprint density at radius 1 is 1.50 bits per heavy atom. The molecule has 1 aromatic rings. The lowest BCUT2D eigenvalue weighted by Gasteiger charge is -2.32. The highest BCUT2D eigenvalue weighted by Gasteiger charge is 2.29. The van der Waals surface area contributed by atoms with E-state index in [4.69, 9.17) is 22.1 Å². The number of ether oxygens (including phenoxy) is 1. The van der Waals surface area contributed by atoms with Crippen molar-refractivity contribution < 1.29 is 9.13 Å². The highest BCUT2D eigenvalue weighted by atomic mass is 35.5. The normalized spacial score (nSPS) is 13.9. The van der Waals surface area contributed by atoms with Gasteiger partial charge in [0.25, 0.3) is 0 Å². The number of hydrogen-bond donors (Lipinski definition) is 1. The van der Waals surface area contributed by atoms with Gasteiger partial charge in [-0.25, -0.2) is 4.39 Å². The van der Waals surface area contributed by atoms with Crippen molar-refractivity contribution in [1.82, 2.24) is 0 Å². The molecule has 0 aliphatic heterocycles. The molecule has 0 spiro atoms. The lowest BCUT2D eigenvalue weighted by Crippen LogP contribution is -2.38. The summed E-state index contributed by atoms with van der Waals surface area (Å²) in [5, 5.41) is 0.460. The van der Waals surface area contributed by atoms with Crippen molar-refractivity contribution in [2.24, 2.45) is 5.73 Å². The molecule has 16 heavy (non-hydrogen) atoms. The van der Waals surface area contributed by atoms with Crippen LogP contribution in [0, 0.1) is 5.82 Å². The van der Waals surface area contributed by atoms with E-state index in [0.29, 0.717) is 17.2 Å². The standard InChI is InChI=1S/C12H17ClFNO/c1-4-16-12(2,3)11(15)9-7-8(14)5-6-10(9)13/h5-7,11H,4,15H2,1-3H3. The van der Waals surface area contributed by atoms with Gasteiger partial charge in [0.2, 0.25) is 0 Å². The summed E-state index contributed by atoms with van der Waals surface area (Å²) in [5.41, 5.74) is 6.04. The van der Waals surface area contributed by atoms with E-state index in [-0.39, 0.29) is 5.82 Å². The van der Waals surface area contributed by atoms with E-state index in [1.165, 1.54) is 18.2 Å². The molecule has 2 N–H and O–H groups in total. The van der Waals surface area contributed by atoms with Crippen LogP contribution in [0.4, 0.5) is 4.39 Å². The first-order chi connectivity index (χ1) is 7.38. The first kappa shape index (κ1) is 13.4. The van der Waals surface area contributed by atoms with Gasteiger partial charge in [-0.15, -0.1) is 0 Å².